The van der Waals surface area contributed by atoms with Crippen LogP contribution in [0.1, 0.15) is 13.8 Å². The van der Waals surface area contributed by atoms with E-state index in [1.807, 2.05) is 0 Å². The molecule has 0 aromatic carbocycles. The van der Waals surface area contributed by atoms with E-state index in [2.05, 4.69) is 0 Å². The van der Waals surface area contributed by atoms with Crippen molar-refractivity contribution in [2.75, 3.05) is 7.05 Å². The maximum absolute atomic E-state index is 11.2. The smallest absolute Gasteiger partial charge is 0.272 e. The van der Waals surface area contributed by atoms with E-state index >= 15 is 0 Å². The fourth-order valence-corrected chi connectivity index (χ4v) is 1.00. The number of hydrazine groups is 1. The second-order valence-corrected chi connectivity index (χ2v) is 3.08. The Morgan fingerprint density at radius 1 is 1.36 bits per heavy atom. The largest absolute Gasteiger partial charge is 0.341 e. The third-order valence-electron chi connectivity index (χ3n) is 1.92. The Morgan fingerprint density at radius 2 is 1.82 bits per heavy atom. The van der Waals surface area contributed by atoms with E-state index in [9.17, 15) is 9.59 Å². The second kappa shape index (κ2) is 1.94. The Morgan fingerprint density at radius 3 is 1.91 bits per heavy atom. The highest BCUT2D eigenvalue weighted by Crippen LogP contribution is 2.22. The van der Waals surface area contributed by atoms with Gasteiger partial charge in [0, 0.05) is 7.05 Å². The van der Waals surface area contributed by atoms with Crippen LogP contribution in [0.15, 0.2) is 0 Å². The number of imide groups is 1. The molecule has 11 heavy (non-hydrogen) atoms. The molecular weight excluding hydrogens is 146 g/mol. The summed E-state index contributed by atoms with van der Waals surface area (Å²) in [7, 11) is 1.42. The SMILES string of the molecule is CN1C(=O)N(N)C(C)(C)C1=O. The lowest BCUT2D eigenvalue weighted by atomic mass is 10.1. The molecule has 1 aliphatic heterocycles. The molecule has 1 saturated heterocycles. The molecule has 0 unspecified atom stereocenters. The van der Waals surface area contributed by atoms with Crippen molar-refractivity contribution >= 4 is 11.9 Å². The molecule has 5 nitrogen and oxygen atoms in total. The van der Waals surface area contributed by atoms with Crippen molar-refractivity contribution < 1.29 is 9.59 Å². The summed E-state index contributed by atoms with van der Waals surface area (Å²) in [5.41, 5.74) is -0.897. The molecule has 0 radical (unpaired) electrons. The van der Waals surface area contributed by atoms with Gasteiger partial charge < -0.3 is 0 Å². The van der Waals surface area contributed by atoms with Gasteiger partial charge in [0.05, 0.1) is 0 Å². The zero-order chi connectivity index (χ0) is 8.81. The minimum absolute atomic E-state index is 0.273. The molecule has 1 fully saturated rings. The quantitative estimate of drug-likeness (QED) is 0.294. The number of urea groups is 1. The molecule has 3 amide bonds. The summed E-state index contributed by atoms with van der Waals surface area (Å²) in [5.74, 6) is 5.08. The van der Waals surface area contributed by atoms with E-state index in [1.165, 1.54) is 7.05 Å². The van der Waals surface area contributed by atoms with Gasteiger partial charge in [-0.15, -0.1) is 0 Å². The molecular formula is C6H11N3O2. The van der Waals surface area contributed by atoms with Crippen LogP contribution in [0, 0.1) is 0 Å². The minimum atomic E-state index is -0.897. The van der Waals surface area contributed by atoms with Crippen LogP contribution in [0.5, 0.6) is 0 Å². The van der Waals surface area contributed by atoms with Crippen molar-refractivity contribution in [1.82, 2.24) is 9.91 Å². The van der Waals surface area contributed by atoms with Crippen molar-refractivity contribution in [2.45, 2.75) is 19.4 Å². The summed E-state index contributed by atoms with van der Waals surface area (Å²) in [6.07, 6.45) is 0. The van der Waals surface area contributed by atoms with Crippen molar-refractivity contribution in [3.8, 4) is 0 Å². The van der Waals surface area contributed by atoms with Crippen molar-refractivity contribution in [3.63, 3.8) is 0 Å². The average Bonchev–Trinajstić information content (AvgIpc) is 2.06. The summed E-state index contributed by atoms with van der Waals surface area (Å²) < 4.78 is 0. The predicted octanol–water partition coefficient (Wildman–Crippen LogP) is -0.467. The predicted molar refractivity (Wildman–Crippen MR) is 38.3 cm³/mol. The van der Waals surface area contributed by atoms with E-state index in [4.69, 9.17) is 5.84 Å². The Balaban J connectivity index is 3.06. The summed E-state index contributed by atoms with van der Waals surface area (Å²) in [5, 5.41) is 0.940. The highest BCUT2D eigenvalue weighted by Gasteiger charge is 2.48. The molecule has 0 aliphatic carbocycles. The summed E-state index contributed by atoms with van der Waals surface area (Å²) in [6, 6.07) is -0.458. The number of likely N-dealkylation sites (N-methyl/N-ethyl adjacent to an activating group) is 1. The van der Waals surface area contributed by atoms with Gasteiger partial charge in [0.2, 0.25) is 0 Å². The fraction of sp³-hybridized carbons (Fsp3) is 0.667. The van der Waals surface area contributed by atoms with E-state index in [0.29, 0.717) is 0 Å². The molecule has 1 rings (SSSR count). The van der Waals surface area contributed by atoms with Gasteiger partial charge in [-0.2, -0.15) is 0 Å². The second-order valence-electron chi connectivity index (χ2n) is 3.08. The normalized spacial score (nSPS) is 23.3. The Bertz CT molecular complexity index is 224. The number of hydrogen-bond acceptors (Lipinski definition) is 3. The van der Waals surface area contributed by atoms with Gasteiger partial charge >= 0.3 is 6.03 Å². The third kappa shape index (κ3) is 0.808. The molecule has 0 spiro atoms. The van der Waals surface area contributed by atoms with Gasteiger partial charge in [-0.3, -0.25) is 9.69 Å². The van der Waals surface area contributed by atoms with Crippen LogP contribution >= 0.6 is 0 Å². The van der Waals surface area contributed by atoms with Gasteiger partial charge in [-0.1, -0.05) is 0 Å². The Labute approximate surface area is 64.7 Å². The Hall–Kier alpha value is -1.10. The highest BCUT2D eigenvalue weighted by molar-refractivity contribution is 6.05. The number of rotatable bonds is 0. The standard InChI is InChI=1S/C6H11N3O2/c1-6(2)4(10)8(3)5(11)9(6)7/h7H2,1-3H3. The number of nitrogens with zero attached hydrogens (tertiary/aromatic N) is 2. The van der Waals surface area contributed by atoms with Crippen LogP contribution in [-0.4, -0.2) is 34.4 Å². The fourth-order valence-electron chi connectivity index (χ4n) is 1.00. The van der Waals surface area contributed by atoms with Gasteiger partial charge in [-0.05, 0) is 13.8 Å². The van der Waals surface area contributed by atoms with Crippen LogP contribution in [0.3, 0.4) is 0 Å². The zero-order valence-corrected chi connectivity index (χ0v) is 6.79. The first-order valence-corrected chi connectivity index (χ1v) is 3.26. The number of amides is 3. The van der Waals surface area contributed by atoms with Crippen LogP contribution in [0.25, 0.3) is 0 Å². The van der Waals surface area contributed by atoms with Crippen molar-refractivity contribution in [2.24, 2.45) is 5.84 Å². The third-order valence-corrected chi connectivity index (χ3v) is 1.92. The van der Waals surface area contributed by atoms with Crippen LogP contribution < -0.4 is 5.84 Å². The average molecular weight is 157 g/mol. The van der Waals surface area contributed by atoms with Crippen molar-refractivity contribution in [3.05, 3.63) is 0 Å². The molecule has 1 aliphatic rings. The molecule has 1 heterocycles. The highest BCUT2D eigenvalue weighted by atomic mass is 16.2. The van der Waals surface area contributed by atoms with Crippen LogP contribution in [0.2, 0.25) is 0 Å². The minimum Gasteiger partial charge on any atom is -0.272 e. The maximum Gasteiger partial charge on any atom is 0.341 e. The number of carbonyl (C=O) groups is 2. The summed E-state index contributed by atoms with van der Waals surface area (Å²) in [6.45, 7) is 3.22. The number of hydrogen-bond donors (Lipinski definition) is 1. The van der Waals surface area contributed by atoms with Crippen LogP contribution in [0.4, 0.5) is 4.79 Å². The van der Waals surface area contributed by atoms with Gasteiger partial charge in [0.15, 0.2) is 0 Å². The van der Waals surface area contributed by atoms with E-state index in [1.54, 1.807) is 13.8 Å². The number of nitrogens with two attached hydrogens (primary N) is 1. The van der Waals surface area contributed by atoms with Gasteiger partial charge in [0.1, 0.15) is 5.54 Å². The van der Waals surface area contributed by atoms with E-state index in [-0.39, 0.29) is 5.91 Å². The molecule has 0 saturated carbocycles. The maximum atomic E-state index is 11.2. The zero-order valence-electron chi connectivity index (χ0n) is 6.79. The molecule has 62 valence electrons. The first kappa shape index (κ1) is 8.00. The van der Waals surface area contributed by atoms with E-state index < -0.39 is 11.6 Å². The lowest BCUT2D eigenvalue weighted by Crippen LogP contribution is -2.48. The topological polar surface area (TPSA) is 66.6 Å². The molecule has 0 atom stereocenters. The monoisotopic (exact) mass is 157 g/mol. The molecule has 0 aromatic rings. The first-order chi connectivity index (χ1) is 4.89. The lowest BCUT2D eigenvalue weighted by Gasteiger charge is -2.21. The molecule has 0 aromatic heterocycles. The number of carbonyl (C=O) groups excluding carboxylic acids is 2. The van der Waals surface area contributed by atoms with E-state index in [0.717, 1.165) is 9.91 Å². The summed E-state index contributed by atoms with van der Waals surface area (Å²) in [4.78, 5) is 23.3. The summed E-state index contributed by atoms with van der Waals surface area (Å²) >= 11 is 0. The first-order valence-electron chi connectivity index (χ1n) is 3.26. The molecule has 5 heteroatoms. The van der Waals surface area contributed by atoms with Gasteiger partial charge in [0.25, 0.3) is 5.91 Å². The van der Waals surface area contributed by atoms with Gasteiger partial charge in [-0.25, -0.2) is 15.6 Å². The Kier molecular flexibility index (Phi) is 1.41. The molecule has 0 bridgehead atoms. The molecule has 2 N–H and O–H groups in total. The lowest BCUT2D eigenvalue weighted by molar-refractivity contribution is -0.131. The van der Waals surface area contributed by atoms with Crippen molar-refractivity contribution in [1.29, 1.82) is 0 Å². The van der Waals surface area contributed by atoms with Crippen LogP contribution in [-0.2, 0) is 4.79 Å².